The average Bonchev–Trinajstić information content (AvgIpc) is 2.74. The Kier molecular flexibility index (Phi) is 6.14. The van der Waals surface area contributed by atoms with E-state index in [0.29, 0.717) is 17.8 Å². The number of carbonyl (C=O) groups is 2. The topological polar surface area (TPSA) is 88.3 Å². The second kappa shape index (κ2) is 8.92. The fraction of sp³-hybridized carbons (Fsp3) is 0.136. The number of hydrogen-bond donors (Lipinski definition) is 2. The Morgan fingerprint density at radius 3 is 2.50 bits per heavy atom. The molecule has 0 bridgehead atoms. The van der Waals surface area contributed by atoms with E-state index in [0.717, 1.165) is 16.7 Å². The minimum atomic E-state index is -0.199. The molecule has 0 aliphatic rings. The van der Waals surface area contributed by atoms with E-state index in [4.69, 9.17) is 5.73 Å². The molecule has 3 aromatic rings. The van der Waals surface area contributed by atoms with Crippen molar-refractivity contribution in [1.82, 2.24) is 9.88 Å². The third-order valence-corrected chi connectivity index (χ3v) is 4.35. The fourth-order valence-corrected chi connectivity index (χ4v) is 2.81. The highest BCUT2D eigenvalue weighted by Gasteiger charge is 2.09. The van der Waals surface area contributed by atoms with Crippen LogP contribution in [0.3, 0.4) is 0 Å². The highest BCUT2D eigenvalue weighted by atomic mass is 16.2. The number of aromatic nitrogens is 1. The molecular weight excluding hydrogens is 352 g/mol. The van der Waals surface area contributed by atoms with Gasteiger partial charge in [0.1, 0.15) is 0 Å². The molecule has 0 atom stereocenters. The van der Waals surface area contributed by atoms with Gasteiger partial charge in [0.15, 0.2) is 0 Å². The van der Waals surface area contributed by atoms with E-state index in [2.05, 4.69) is 10.3 Å². The number of carbonyl (C=O) groups excluding carboxylic acids is 2. The number of anilines is 1. The summed E-state index contributed by atoms with van der Waals surface area (Å²) in [5, 5.41) is 2.86. The summed E-state index contributed by atoms with van der Waals surface area (Å²) in [5.74, 6) is -0.297. The highest BCUT2D eigenvalue weighted by molar-refractivity contribution is 6.04. The Labute approximate surface area is 164 Å². The smallest absolute Gasteiger partial charge is 0.257 e. The second-order valence-electron chi connectivity index (χ2n) is 6.43. The largest absolute Gasteiger partial charge is 0.340 e. The molecule has 0 saturated carbocycles. The molecule has 28 heavy (non-hydrogen) atoms. The second-order valence-corrected chi connectivity index (χ2v) is 6.43. The summed E-state index contributed by atoms with van der Waals surface area (Å²) in [6.45, 7) is 0.505. The van der Waals surface area contributed by atoms with Gasteiger partial charge in [0.2, 0.25) is 5.91 Å². The maximum absolute atomic E-state index is 12.2. The summed E-state index contributed by atoms with van der Waals surface area (Å²) in [5.41, 5.74) is 9.71. The third-order valence-electron chi connectivity index (χ3n) is 4.35. The third kappa shape index (κ3) is 4.81. The number of likely N-dealkylation sites (N-methyl/N-ethyl adjacent to an activating group) is 1. The van der Waals surface area contributed by atoms with Crippen molar-refractivity contribution in [3.63, 3.8) is 0 Å². The van der Waals surface area contributed by atoms with E-state index in [1.807, 2.05) is 48.5 Å². The van der Waals surface area contributed by atoms with Gasteiger partial charge in [-0.2, -0.15) is 0 Å². The molecule has 0 spiro atoms. The van der Waals surface area contributed by atoms with Crippen LogP contribution in [0.4, 0.5) is 5.69 Å². The first-order chi connectivity index (χ1) is 13.6. The lowest BCUT2D eigenvalue weighted by atomic mass is 10.0. The SMILES string of the molecule is CN(Cc1cccc(-c2ccc(NC(=O)c3cccnc3)cc2)c1)C(=O)CN. The van der Waals surface area contributed by atoms with Gasteiger partial charge >= 0.3 is 0 Å². The number of hydrogen-bond acceptors (Lipinski definition) is 4. The molecule has 3 N–H and O–H groups in total. The quantitative estimate of drug-likeness (QED) is 0.694. The standard InChI is InChI=1S/C22H22N4O2/c1-26(21(27)13-23)15-16-4-2-5-18(12-16)17-7-9-20(10-8-17)25-22(28)19-6-3-11-24-14-19/h2-12,14H,13,15,23H2,1H3,(H,25,28). The van der Waals surface area contributed by atoms with Gasteiger partial charge < -0.3 is 16.0 Å². The zero-order valence-electron chi connectivity index (χ0n) is 15.6. The summed E-state index contributed by atoms with van der Waals surface area (Å²) < 4.78 is 0. The van der Waals surface area contributed by atoms with Crippen LogP contribution in [-0.4, -0.2) is 35.3 Å². The summed E-state index contributed by atoms with van der Waals surface area (Å²) >= 11 is 0. The molecule has 1 aromatic heterocycles. The maximum atomic E-state index is 12.2. The van der Waals surface area contributed by atoms with Crippen LogP contribution in [0.2, 0.25) is 0 Å². The van der Waals surface area contributed by atoms with Gasteiger partial charge in [0, 0.05) is 31.7 Å². The van der Waals surface area contributed by atoms with Crippen molar-refractivity contribution in [2.45, 2.75) is 6.54 Å². The zero-order chi connectivity index (χ0) is 19.9. The number of benzene rings is 2. The number of nitrogens with zero attached hydrogens (tertiary/aromatic N) is 2. The Balaban J connectivity index is 1.70. The molecule has 2 amide bonds. The Hall–Kier alpha value is -3.51. The molecule has 0 saturated heterocycles. The van der Waals surface area contributed by atoms with Crippen molar-refractivity contribution < 1.29 is 9.59 Å². The molecular formula is C22H22N4O2. The molecule has 1 heterocycles. The Morgan fingerprint density at radius 2 is 1.82 bits per heavy atom. The van der Waals surface area contributed by atoms with Crippen LogP contribution in [-0.2, 0) is 11.3 Å². The number of amides is 2. The molecule has 142 valence electrons. The normalized spacial score (nSPS) is 10.4. The van der Waals surface area contributed by atoms with Crippen LogP contribution in [0.1, 0.15) is 15.9 Å². The average molecular weight is 374 g/mol. The predicted molar refractivity (Wildman–Crippen MR) is 110 cm³/mol. The number of nitrogens with two attached hydrogens (primary N) is 1. The number of rotatable bonds is 6. The lowest BCUT2D eigenvalue weighted by Gasteiger charge is -2.16. The summed E-state index contributed by atoms with van der Waals surface area (Å²) in [7, 11) is 1.74. The van der Waals surface area contributed by atoms with Crippen molar-refractivity contribution >= 4 is 17.5 Å². The van der Waals surface area contributed by atoms with Gasteiger partial charge in [-0.1, -0.05) is 30.3 Å². The highest BCUT2D eigenvalue weighted by Crippen LogP contribution is 2.23. The first-order valence-corrected chi connectivity index (χ1v) is 8.91. The zero-order valence-corrected chi connectivity index (χ0v) is 15.6. The lowest BCUT2D eigenvalue weighted by Crippen LogP contribution is -2.32. The van der Waals surface area contributed by atoms with Crippen LogP contribution in [0.5, 0.6) is 0 Å². The molecule has 0 fully saturated rings. The van der Waals surface area contributed by atoms with Crippen molar-refractivity contribution in [1.29, 1.82) is 0 Å². The van der Waals surface area contributed by atoms with E-state index in [1.165, 1.54) is 6.20 Å². The van der Waals surface area contributed by atoms with Crippen molar-refractivity contribution in [3.8, 4) is 11.1 Å². The van der Waals surface area contributed by atoms with E-state index < -0.39 is 0 Å². The van der Waals surface area contributed by atoms with Crippen molar-refractivity contribution in [2.24, 2.45) is 5.73 Å². The van der Waals surface area contributed by atoms with Gasteiger partial charge in [0.05, 0.1) is 12.1 Å². The van der Waals surface area contributed by atoms with Crippen LogP contribution < -0.4 is 11.1 Å². The lowest BCUT2D eigenvalue weighted by molar-refractivity contribution is -0.128. The van der Waals surface area contributed by atoms with Crippen LogP contribution in [0.25, 0.3) is 11.1 Å². The molecule has 2 aromatic carbocycles. The molecule has 0 aliphatic carbocycles. The van der Waals surface area contributed by atoms with Crippen molar-refractivity contribution in [3.05, 3.63) is 84.2 Å². The fourth-order valence-electron chi connectivity index (χ4n) is 2.81. The Bertz CT molecular complexity index is 956. The van der Waals surface area contributed by atoms with Gasteiger partial charge in [-0.15, -0.1) is 0 Å². The predicted octanol–water partition coefficient (Wildman–Crippen LogP) is 2.92. The van der Waals surface area contributed by atoms with Gasteiger partial charge in [-0.05, 0) is 47.0 Å². The molecule has 3 rings (SSSR count). The van der Waals surface area contributed by atoms with Gasteiger partial charge in [-0.25, -0.2) is 0 Å². The summed E-state index contributed by atoms with van der Waals surface area (Å²) in [6.07, 6.45) is 3.16. The van der Waals surface area contributed by atoms with Gasteiger partial charge in [0.25, 0.3) is 5.91 Å². The van der Waals surface area contributed by atoms with Crippen molar-refractivity contribution in [2.75, 3.05) is 18.9 Å². The van der Waals surface area contributed by atoms with Crippen LogP contribution in [0, 0.1) is 0 Å². The molecule has 0 unspecified atom stereocenters. The van der Waals surface area contributed by atoms with E-state index in [-0.39, 0.29) is 18.4 Å². The number of nitrogens with one attached hydrogen (secondary N) is 1. The number of pyridine rings is 1. The molecule has 0 radical (unpaired) electrons. The minimum Gasteiger partial charge on any atom is -0.340 e. The first kappa shape index (κ1) is 19.3. The van der Waals surface area contributed by atoms with E-state index in [1.54, 1.807) is 30.3 Å². The van der Waals surface area contributed by atoms with E-state index in [9.17, 15) is 9.59 Å². The maximum Gasteiger partial charge on any atom is 0.257 e. The molecule has 0 aliphatic heterocycles. The van der Waals surface area contributed by atoms with E-state index >= 15 is 0 Å². The Morgan fingerprint density at radius 1 is 1.04 bits per heavy atom. The summed E-state index contributed by atoms with van der Waals surface area (Å²) in [4.78, 5) is 29.4. The van der Waals surface area contributed by atoms with Gasteiger partial charge in [-0.3, -0.25) is 14.6 Å². The van der Waals surface area contributed by atoms with Crippen LogP contribution >= 0.6 is 0 Å². The molecule has 6 nitrogen and oxygen atoms in total. The first-order valence-electron chi connectivity index (χ1n) is 8.91. The minimum absolute atomic E-state index is 0.00240. The summed E-state index contributed by atoms with van der Waals surface area (Å²) in [6, 6.07) is 19.1. The molecule has 6 heteroatoms. The monoisotopic (exact) mass is 374 g/mol. The van der Waals surface area contributed by atoms with Crippen LogP contribution in [0.15, 0.2) is 73.1 Å².